The Labute approximate surface area is 110 Å². The molecule has 0 spiro atoms. The third kappa shape index (κ3) is 3.05. The minimum atomic E-state index is -3.35. The van der Waals surface area contributed by atoms with Crippen molar-refractivity contribution in [2.75, 3.05) is 13.1 Å². The Hall–Kier alpha value is -0.460. The lowest BCUT2D eigenvalue weighted by atomic mass is 10.2. The van der Waals surface area contributed by atoms with Crippen LogP contribution in [0.3, 0.4) is 0 Å². The summed E-state index contributed by atoms with van der Waals surface area (Å²) in [6, 6.07) is 3.25. The van der Waals surface area contributed by atoms with Gasteiger partial charge in [-0.3, -0.25) is 0 Å². The fraction of sp³-hybridized carbons (Fsp3) is 0.545. The minimum Gasteiger partial charge on any atom is -0.248 e. The Balaban J connectivity index is 2.25. The van der Waals surface area contributed by atoms with Gasteiger partial charge in [-0.15, -0.1) is 0 Å². The van der Waals surface area contributed by atoms with Crippen molar-refractivity contribution in [3.8, 4) is 0 Å². The molecule has 2 rings (SSSR count). The number of pyridine rings is 1. The van der Waals surface area contributed by atoms with Gasteiger partial charge in [0.05, 0.1) is 0 Å². The van der Waals surface area contributed by atoms with Gasteiger partial charge < -0.3 is 0 Å². The first-order valence-corrected chi connectivity index (χ1v) is 7.96. The van der Waals surface area contributed by atoms with Crippen LogP contribution in [0, 0.1) is 0 Å². The maximum atomic E-state index is 12.3. The predicted octanol–water partition coefficient (Wildman–Crippen LogP) is 2.41. The molecule has 0 N–H and O–H groups in total. The highest BCUT2D eigenvalue weighted by Crippen LogP contribution is 2.20. The molecular weight excluding hydrogens is 304 g/mol. The summed E-state index contributed by atoms with van der Waals surface area (Å²) in [5.74, 6) is 0. The van der Waals surface area contributed by atoms with E-state index in [-0.39, 0.29) is 4.90 Å². The van der Waals surface area contributed by atoms with Crippen LogP contribution in [0.5, 0.6) is 0 Å². The van der Waals surface area contributed by atoms with Crippen LogP contribution < -0.4 is 0 Å². The number of hydrogen-bond acceptors (Lipinski definition) is 3. The molecular formula is C11H15BrN2O2S. The van der Waals surface area contributed by atoms with E-state index in [1.807, 2.05) is 0 Å². The monoisotopic (exact) mass is 318 g/mol. The van der Waals surface area contributed by atoms with Crippen LogP contribution >= 0.6 is 15.9 Å². The quantitative estimate of drug-likeness (QED) is 0.787. The average molecular weight is 319 g/mol. The summed E-state index contributed by atoms with van der Waals surface area (Å²) in [5.41, 5.74) is 0. The third-order valence-electron chi connectivity index (χ3n) is 2.90. The second-order valence-electron chi connectivity index (χ2n) is 4.13. The normalized spacial score (nSPS) is 18.9. The van der Waals surface area contributed by atoms with E-state index in [4.69, 9.17) is 0 Å². The number of sulfonamides is 1. The van der Waals surface area contributed by atoms with Gasteiger partial charge in [0.15, 0.2) is 0 Å². The summed E-state index contributed by atoms with van der Waals surface area (Å²) in [6.07, 6.45) is 5.53. The summed E-state index contributed by atoms with van der Waals surface area (Å²) in [7, 11) is -3.35. The Morgan fingerprint density at radius 3 is 2.29 bits per heavy atom. The molecule has 6 heteroatoms. The fourth-order valence-electron chi connectivity index (χ4n) is 1.95. The van der Waals surface area contributed by atoms with Gasteiger partial charge in [-0.25, -0.2) is 13.4 Å². The molecule has 0 aliphatic carbocycles. The molecule has 0 radical (unpaired) electrons. The zero-order valence-electron chi connectivity index (χ0n) is 9.47. The summed E-state index contributed by atoms with van der Waals surface area (Å²) in [6.45, 7) is 1.25. The summed E-state index contributed by atoms with van der Waals surface area (Å²) < 4.78 is 26.9. The fourth-order valence-corrected chi connectivity index (χ4v) is 3.64. The van der Waals surface area contributed by atoms with Crippen molar-refractivity contribution in [2.24, 2.45) is 0 Å². The van der Waals surface area contributed by atoms with Gasteiger partial charge in [0.25, 0.3) is 0 Å². The lowest BCUT2D eigenvalue weighted by Crippen LogP contribution is -2.31. The van der Waals surface area contributed by atoms with E-state index in [1.165, 1.54) is 6.20 Å². The summed E-state index contributed by atoms with van der Waals surface area (Å²) >= 11 is 3.20. The Kier molecular flexibility index (Phi) is 4.17. The molecule has 1 aliphatic heterocycles. The van der Waals surface area contributed by atoms with E-state index in [1.54, 1.807) is 16.4 Å². The molecule has 0 bridgehead atoms. The van der Waals surface area contributed by atoms with Crippen LogP contribution in [-0.2, 0) is 10.0 Å². The van der Waals surface area contributed by atoms with Crippen LogP contribution in [0.1, 0.15) is 25.7 Å². The second-order valence-corrected chi connectivity index (χ2v) is 6.89. The first-order valence-electron chi connectivity index (χ1n) is 5.72. The van der Waals surface area contributed by atoms with E-state index in [0.29, 0.717) is 17.7 Å². The number of halogens is 1. The lowest BCUT2D eigenvalue weighted by molar-refractivity contribution is 0.423. The number of rotatable bonds is 2. The van der Waals surface area contributed by atoms with Crippen molar-refractivity contribution in [1.29, 1.82) is 0 Å². The molecule has 4 nitrogen and oxygen atoms in total. The van der Waals surface area contributed by atoms with Gasteiger partial charge in [0.1, 0.15) is 9.50 Å². The topological polar surface area (TPSA) is 50.3 Å². The van der Waals surface area contributed by atoms with E-state index in [0.717, 1.165) is 25.7 Å². The van der Waals surface area contributed by atoms with Crippen molar-refractivity contribution < 1.29 is 8.42 Å². The number of nitrogens with zero attached hydrogens (tertiary/aromatic N) is 2. The average Bonchev–Trinajstić information content (AvgIpc) is 2.58. The summed E-state index contributed by atoms with van der Waals surface area (Å²) in [5, 5.41) is 0. The SMILES string of the molecule is O=S(=O)(c1ccc(Br)nc1)N1CCCCCC1. The summed E-state index contributed by atoms with van der Waals surface area (Å²) in [4.78, 5) is 4.25. The Morgan fingerprint density at radius 1 is 1.12 bits per heavy atom. The largest absolute Gasteiger partial charge is 0.248 e. The number of hydrogen-bond donors (Lipinski definition) is 0. The van der Waals surface area contributed by atoms with E-state index in [9.17, 15) is 8.42 Å². The molecule has 0 saturated carbocycles. The lowest BCUT2D eigenvalue weighted by Gasteiger charge is -2.19. The maximum absolute atomic E-state index is 12.3. The standard InChI is InChI=1S/C11H15BrN2O2S/c12-11-6-5-10(9-13-11)17(15,16)14-7-3-1-2-4-8-14/h5-6,9H,1-4,7-8H2. The molecule has 1 aromatic rings. The molecule has 0 atom stereocenters. The second kappa shape index (κ2) is 5.46. The van der Waals surface area contributed by atoms with Gasteiger partial charge in [-0.2, -0.15) is 4.31 Å². The van der Waals surface area contributed by atoms with Gasteiger partial charge in [-0.1, -0.05) is 12.8 Å². The highest BCUT2D eigenvalue weighted by molar-refractivity contribution is 9.10. The molecule has 2 heterocycles. The molecule has 17 heavy (non-hydrogen) atoms. The minimum absolute atomic E-state index is 0.280. The molecule has 94 valence electrons. The molecule has 0 unspecified atom stereocenters. The molecule has 1 fully saturated rings. The Morgan fingerprint density at radius 2 is 1.76 bits per heavy atom. The van der Waals surface area contributed by atoms with Crippen LogP contribution in [0.15, 0.2) is 27.8 Å². The third-order valence-corrected chi connectivity index (χ3v) is 5.25. The molecule has 1 aliphatic rings. The zero-order chi connectivity index (χ0) is 12.3. The van der Waals surface area contributed by atoms with Gasteiger partial charge in [0.2, 0.25) is 10.0 Å². The first kappa shape index (κ1) is 13.0. The van der Waals surface area contributed by atoms with Crippen LogP contribution in [0.2, 0.25) is 0 Å². The van der Waals surface area contributed by atoms with Crippen LogP contribution in [0.25, 0.3) is 0 Å². The Bertz CT molecular complexity index is 465. The van der Waals surface area contributed by atoms with E-state index < -0.39 is 10.0 Å². The van der Waals surface area contributed by atoms with Crippen molar-refractivity contribution >= 4 is 26.0 Å². The first-order chi connectivity index (χ1) is 8.10. The van der Waals surface area contributed by atoms with Crippen LogP contribution in [-0.4, -0.2) is 30.8 Å². The van der Waals surface area contributed by atoms with E-state index in [2.05, 4.69) is 20.9 Å². The molecule has 1 aromatic heterocycles. The van der Waals surface area contributed by atoms with E-state index >= 15 is 0 Å². The number of aromatic nitrogens is 1. The zero-order valence-corrected chi connectivity index (χ0v) is 11.9. The van der Waals surface area contributed by atoms with Crippen molar-refractivity contribution in [2.45, 2.75) is 30.6 Å². The maximum Gasteiger partial charge on any atom is 0.244 e. The van der Waals surface area contributed by atoms with Crippen LogP contribution in [0.4, 0.5) is 0 Å². The van der Waals surface area contributed by atoms with Gasteiger partial charge >= 0.3 is 0 Å². The smallest absolute Gasteiger partial charge is 0.244 e. The predicted molar refractivity (Wildman–Crippen MR) is 69.2 cm³/mol. The van der Waals surface area contributed by atoms with Crippen molar-refractivity contribution in [3.05, 3.63) is 22.9 Å². The molecule has 0 amide bonds. The van der Waals surface area contributed by atoms with Gasteiger partial charge in [0, 0.05) is 19.3 Å². The van der Waals surface area contributed by atoms with Crippen molar-refractivity contribution in [1.82, 2.24) is 9.29 Å². The molecule has 0 aromatic carbocycles. The highest BCUT2D eigenvalue weighted by Gasteiger charge is 2.25. The van der Waals surface area contributed by atoms with Gasteiger partial charge in [-0.05, 0) is 40.9 Å². The molecule has 1 saturated heterocycles. The highest BCUT2D eigenvalue weighted by atomic mass is 79.9. The van der Waals surface area contributed by atoms with Crippen molar-refractivity contribution in [3.63, 3.8) is 0 Å².